The standard InChI is InChI=1S/C12H21N3O3S/c1-15(6-7-19(3,16)17)11(8-13)10-4-5-12(18-2)14-9-10/h4-5,9,11H,6-8,13H2,1-3H3. The van der Waals surface area contributed by atoms with Crippen molar-refractivity contribution in [2.24, 2.45) is 5.73 Å². The van der Waals surface area contributed by atoms with Gasteiger partial charge in [-0.25, -0.2) is 13.4 Å². The van der Waals surface area contributed by atoms with Crippen LogP contribution in [0.1, 0.15) is 11.6 Å². The Balaban J connectivity index is 2.75. The fourth-order valence-electron chi connectivity index (χ4n) is 1.75. The second-order valence-corrected chi connectivity index (χ2v) is 6.76. The Morgan fingerprint density at radius 3 is 2.58 bits per heavy atom. The van der Waals surface area contributed by atoms with Gasteiger partial charge >= 0.3 is 0 Å². The third-order valence-corrected chi connectivity index (χ3v) is 3.85. The van der Waals surface area contributed by atoms with E-state index >= 15 is 0 Å². The van der Waals surface area contributed by atoms with Crippen LogP contribution >= 0.6 is 0 Å². The lowest BCUT2D eigenvalue weighted by Crippen LogP contribution is -2.34. The highest BCUT2D eigenvalue weighted by atomic mass is 32.2. The zero-order valence-electron chi connectivity index (χ0n) is 11.5. The van der Waals surface area contributed by atoms with Gasteiger partial charge in [0, 0.05) is 37.7 Å². The Hall–Kier alpha value is -1.18. The van der Waals surface area contributed by atoms with Crippen LogP contribution in [0.15, 0.2) is 18.3 Å². The van der Waals surface area contributed by atoms with Crippen molar-refractivity contribution in [3.63, 3.8) is 0 Å². The quantitative estimate of drug-likeness (QED) is 0.763. The lowest BCUT2D eigenvalue weighted by atomic mass is 10.1. The molecule has 0 amide bonds. The molecule has 6 nitrogen and oxygen atoms in total. The summed E-state index contributed by atoms with van der Waals surface area (Å²) in [6.07, 6.45) is 2.93. The zero-order valence-corrected chi connectivity index (χ0v) is 12.4. The summed E-state index contributed by atoms with van der Waals surface area (Å²) >= 11 is 0. The normalized spacial score (nSPS) is 13.5. The molecule has 1 heterocycles. The van der Waals surface area contributed by atoms with Crippen molar-refractivity contribution in [1.29, 1.82) is 0 Å². The van der Waals surface area contributed by atoms with Crippen molar-refractivity contribution >= 4 is 9.84 Å². The number of pyridine rings is 1. The van der Waals surface area contributed by atoms with E-state index in [1.165, 1.54) is 6.26 Å². The minimum atomic E-state index is -2.97. The average molecular weight is 287 g/mol. The molecule has 1 aromatic heterocycles. The summed E-state index contributed by atoms with van der Waals surface area (Å²) in [7, 11) is 0.438. The maximum absolute atomic E-state index is 11.2. The summed E-state index contributed by atoms with van der Waals surface area (Å²) in [6, 6.07) is 3.60. The van der Waals surface area contributed by atoms with E-state index in [0.717, 1.165) is 5.56 Å². The van der Waals surface area contributed by atoms with Crippen LogP contribution < -0.4 is 10.5 Å². The predicted molar refractivity (Wildman–Crippen MR) is 74.9 cm³/mol. The van der Waals surface area contributed by atoms with E-state index in [4.69, 9.17) is 10.5 Å². The number of hydrogen-bond donors (Lipinski definition) is 1. The van der Waals surface area contributed by atoms with Gasteiger partial charge in [0.05, 0.1) is 12.9 Å². The third kappa shape index (κ3) is 5.14. The number of ether oxygens (including phenoxy) is 1. The van der Waals surface area contributed by atoms with Crippen molar-refractivity contribution in [2.75, 3.05) is 39.3 Å². The average Bonchev–Trinajstić information content (AvgIpc) is 2.37. The van der Waals surface area contributed by atoms with Gasteiger partial charge < -0.3 is 10.5 Å². The molecule has 0 aliphatic carbocycles. The minimum Gasteiger partial charge on any atom is -0.481 e. The van der Waals surface area contributed by atoms with Gasteiger partial charge in [-0.1, -0.05) is 6.07 Å². The topological polar surface area (TPSA) is 85.5 Å². The Bertz CT molecular complexity index is 487. The van der Waals surface area contributed by atoms with E-state index in [1.54, 1.807) is 19.4 Å². The van der Waals surface area contributed by atoms with Crippen molar-refractivity contribution in [3.8, 4) is 5.88 Å². The molecule has 0 spiro atoms. The molecule has 1 unspecified atom stereocenters. The molecule has 7 heteroatoms. The predicted octanol–water partition coefficient (Wildman–Crippen LogP) is 0.0664. The molecule has 19 heavy (non-hydrogen) atoms. The van der Waals surface area contributed by atoms with E-state index < -0.39 is 9.84 Å². The SMILES string of the molecule is COc1ccc(C(CN)N(C)CCS(C)(=O)=O)cn1. The van der Waals surface area contributed by atoms with Crippen LogP contribution in [-0.2, 0) is 9.84 Å². The number of rotatable bonds is 7. The smallest absolute Gasteiger partial charge is 0.212 e. The molecule has 0 aliphatic heterocycles. The Kier molecular flexibility index (Phi) is 5.71. The Labute approximate surface area is 114 Å². The molecule has 1 rings (SSSR count). The lowest BCUT2D eigenvalue weighted by Gasteiger charge is -2.26. The zero-order chi connectivity index (χ0) is 14.5. The highest BCUT2D eigenvalue weighted by molar-refractivity contribution is 7.90. The lowest BCUT2D eigenvalue weighted by molar-refractivity contribution is 0.263. The molecular formula is C12H21N3O3S. The van der Waals surface area contributed by atoms with Crippen LogP contribution in [-0.4, -0.2) is 57.6 Å². The molecule has 1 aromatic rings. The number of sulfone groups is 1. The highest BCUT2D eigenvalue weighted by Gasteiger charge is 2.17. The first-order valence-electron chi connectivity index (χ1n) is 5.95. The molecule has 0 bridgehead atoms. The molecule has 0 fully saturated rings. The van der Waals surface area contributed by atoms with Gasteiger partial charge in [0.2, 0.25) is 5.88 Å². The van der Waals surface area contributed by atoms with Gasteiger partial charge in [-0.2, -0.15) is 0 Å². The van der Waals surface area contributed by atoms with Crippen LogP contribution in [0.3, 0.4) is 0 Å². The first-order valence-corrected chi connectivity index (χ1v) is 8.01. The molecule has 0 saturated heterocycles. The summed E-state index contributed by atoms with van der Waals surface area (Å²) in [5.74, 6) is 0.655. The summed E-state index contributed by atoms with van der Waals surface area (Å²) in [5, 5.41) is 0. The van der Waals surface area contributed by atoms with Crippen molar-refractivity contribution < 1.29 is 13.2 Å². The maximum atomic E-state index is 11.2. The molecule has 0 aliphatic rings. The number of nitrogens with two attached hydrogens (primary N) is 1. The minimum absolute atomic E-state index is 0.0554. The van der Waals surface area contributed by atoms with Crippen LogP contribution in [0, 0.1) is 0 Å². The van der Waals surface area contributed by atoms with Crippen LogP contribution in [0.2, 0.25) is 0 Å². The van der Waals surface area contributed by atoms with Gasteiger partial charge in [-0.15, -0.1) is 0 Å². The Morgan fingerprint density at radius 2 is 2.16 bits per heavy atom. The van der Waals surface area contributed by atoms with Crippen molar-refractivity contribution in [3.05, 3.63) is 23.9 Å². The largest absolute Gasteiger partial charge is 0.481 e. The number of likely N-dealkylation sites (N-methyl/N-ethyl adjacent to an activating group) is 1. The second kappa shape index (κ2) is 6.83. The van der Waals surface area contributed by atoms with Crippen LogP contribution in [0.5, 0.6) is 5.88 Å². The van der Waals surface area contributed by atoms with Gasteiger partial charge in [0.15, 0.2) is 0 Å². The van der Waals surface area contributed by atoms with E-state index in [9.17, 15) is 8.42 Å². The molecular weight excluding hydrogens is 266 g/mol. The molecule has 0 saturated carbocycles. The van der Waals surface area contributed by atoms with E-state index in [1.807, 2.05) is 18.0 Å². The van der Waals surface area contributed by atoms with E-state index in [2.05, 4.69) is 4.98 Å². The molecule has 0 radical (unpaired) electrons. The van der Waals surface area contributed by atoms with E-state index in [-0.39, 0.29) is 11.8 Å². The van der Waals surface area contributed by atoms with Crippen LogP contribution in [0.25, 0.3) is 0 Å². The molecule has 1 atom stereocenters. The number of aromatic nitrogens is 1. The highest BCUT2D eigenvalue weighted by Crippen LogP contribution is 2.19. The monoisotopic (exact) mass is 287 g/mol. The van der Waals surface area contributed by atoms with Gasteiger partial charge in [-0.05, 0) is 12.6 Å². The molecule has 108 valence electrons. The van der Waals surface area contributed by atoms with Crippen molar-refractivity contribution in [2.45, 2.75) is 6.04 Å². The fourth-order valence-corrected chi connectivity index (χ4v) is 2.37. The van der Waals surface area contributed by atoms with Crippen LogP contribution in [0.4, 0.5) is 0 Å². The van der Waals surface area contributed by atoms with Gasteiger partial charge in [-0.3, -0.25) is 4.90 Å². The number of methoxy groups -OCH3 is 1. The first-order chi connectivity index (χ1) is 8.87. The summed E-state index contributed by atoms with van der Waals surface area (Å²) in [5.41, 5.74) is 6.71. The third-order valence-electron chi connectivity index (χ3n) is 2.92. The van der Waals surface area contributed by atoms with Gasteiger partial charge in [0.1, 0.15) is 9.84 Å². The number of hydrogen-bond acceptors (Lipinski definition) is 6. The summed E-state index contributed by atoms with van der Waals surface area (Å²) in [6.45, 7) is 0.834. The molecule has 2 N–H and O–H groups in total. The fraction of sp³-hybridized carbons (Fsp3) is 0.583. The number of nitrogens with zero attached hydrogens (tertiary/aromatic N) is 2. The van der Waals surface area contributed by atoms with Gasteiger partial charge in [0.25, 0.3) is 0 Å². The van der Waals surface area contributed by atoms with E-state index in [0.29, 0.717) is 19.0 Å². The van der Waals surface area contributed by atoms with Crippen molar-refractivity contribution in [1.82, 2.24) is 9.88 Å². The Morgan fingerprint density at radius 1 is 1.47 bits per heavy atom. The second-order valence-electron chi connectivity index (χ2n) is 4.50. The summed E-state index contributed by atoms with van der Waals surface area (Å²) in [4.78, 5) is 6.06. The first kappa shape index (κ1) is 15.9. The maximum Gasteiger partial charge on any atom is 0.212 e. The molecule has 0 aromatic carbocycles. The summed E-state index contributed by atoms with van der Waals surface area (Å²) < 4.78 is 27.4.